The van der Waals surface area contributed by atoms with E-state index in [2.05, 4.69) is 21.3 Å². The van der Waals surface area contributed by atoms with Crippen LogP contribution in [0.2, 0.25) is 0 Å². The molecule has 4 amide bonds. The van der Waals surface area contributed by atoms with Crippen LogP contribution in [0.4, 0.5) is 0 Å². The molecule has 1 aromatic carbocycles. The summed E-state index contributed by atoms with van der Waals surface area (Å²) in [6, 6.07) is 4.12. The lowest BCUT2D eigenvalue weighted by Gasteiger charge is -2.27. The highest BCUT2D eigenvalue weighted by atomic mass is 33.1. The number of benzene rings is 1. The highest BCUT2D eigenvalue weighted by molar-refractivity contribution is 8.76. The van der Waals surface area contributed by atoms with Gasteiger partial charge in [0.25, 0.3) is 0 Å². The van der Waals surface area contributed by atoms with Crippen LogP contribution < -0.4 is 26.0 Å². The largest absolute Gasteiger partial charge is 0.497 e. The standard InChI is InChI=1S/C27H36N4O7S2/c1-16(2)24-27(36)30-21-15-40-39-11-5-4-6-19(13-22(32)31-24)38-23(33)14-28-25(34)20(29-26(21)35)12-17-7-9-18(37-3)10-8-17/h4,6-10,16,19-21,24H,5,11-15H2,1-3H3,(H,28,34)(H,29,35)(H,30,36)(H,31,32)/b6-4+/t19?,20-,21?,24-/m1/s1. The summed E-state index contributed by atoms with van der Waals surface area (Å²) in [5.74, 6) is -1.57. The molecule has 0 aliphatic carbocycles. The molecule has 2 aliphatic heterocycles. The zero-order valence-corrected chi connectivity index (χ0v) is 24.4. The normalized spacial score (nSPS) is 26.4. The Balaban J connectivity index is 1.96. The number of allylic oxidation sites excluding steroid dienone is 1. The molecular weight excluding hydrogens is 556 g/mol. The van der Waals surface area contributed by atoms with Gasteiger partial charge in [0.2, 0.25) is 23.6 Å². The van der Waals surface area contributed by atoms with Gasteiger partial charge in [-0.1, -0.05) is 53.6 Å². The number of ether oxygens (including phenoxy) is 2. The molecule has 1 aromatic rings. The van der Waals surface area contributed by atoms with Gasteiger partial charge in [-0.3, -0.25) is 24.0 Å². The van der Waals surface area contributed by atoms with Crippen LogP contribution in [0.3, 0.4) is 0 Å². The van der Waals surface area contributed by atoms with Gasteiger partial charge in [-0.2, -0.15) is 0 Å². The van der Waals surface area contributed by atoms with Crippen molar-refractivity contribution >= 4 is 51.2 Å². The number of methoxy groups -OCH3 is 1. The topological polar surface area (TPSA) is 152 Å². The van der Waals surface area contributed by atoms with Gasteiger partial charge in [0.15, 0.2) is 0 Å². The molecule has 2 heterocycles. The summed E-state index contributed by atoms with van der Waals surface area (Å²) < 4.78 is 10.7. The molecule has 2 aliphatic rings. The molecule has 0 aromatic heterocycles. The fourth-order valence-electron chi connectivity index (χ4n) is 4.05. The Labute approximate surface area is 241 Å². The summed E-state index contributed by atoms with van der Waals surface area (Å²) in [6.07, 6.45) is 3.18. The van der Waals surface area contributed by atoms with Crippen molar-refractivity contribution in [3.8, 4) is 5.75 Å². The van der Waals surface area contributed by atoms with Gasteiger partial charge in [-0.25, -0.2) is 0 Å². The second kappa shape index (κ2) is 15.6. The van der Waals surface area contributed by atoms with Gasteiger partial charge in [0.05, 0.1) is 13.5 Å². The lowest BCUT2D eigenvalue weighted by molar-refractivity contribution is -0.148. The monoisotopic (exact) mass is 592 g/mol. The summed E-state index contributed by atoms with van der Waals surface area (Å²) in [5.41, 5.74) is 0.752. The van der Waals surface area contributed by atoms with Crippen LogP contribution >= 0.6 is 21.6 Å². The number of hydrogen-bond acceptors (Lipinski definition) is 9. The Kier molecular flexibility index (Phi) is 12.2. The molecule has 3 rings (SSSR count). The molecule has 2 bridgehead atoms. The molecule has 1 fully saturated rings. The van der Waals surface area contributed by atoms with E-state index < -0.39 is 60.4 Å². The molecule has 4 atom stereocenters. The first kappa shape index (κ1) is 31.3. The third-order valence-electron chi connectivity index (χ3n) is 6.24. The second-order valence-electron chi connectivity index (χ2n) is 9.74. The van der Waals surface area contributed by atoms with Crippen molar-refractivity contribution in [2.75, 3.05) is 25.2 Å². The van der Waals surface area contributed by atoms with E-state index in [0.717, 1.165) is 5.56 Å². The number of nitrogens with one attached hydrogen (secondary N) is 4. The Morgan fingerprint density at radius 3 is 2.42 bits per heavy atom. The Bertz CT molecular complexity index is 1100. The number of carbonyl (C=O) groups is 5. The second-order valence-corrected chi connectivity index (χ2v) is 12.4. The first-order valence-corrected chi connectivity index (χ1v) is 15.6. The van der Waals surface area contributed by atoms with Crippen molar-refractivity contribution in [3.63, 3.8) is 0 Å². The SMILES string of the molecule is COc1ccc(C[C@H]2NC(=O)C3CSSCC/C=C/C(CC(=O)N[C@H](C(C)C)C(=O)N3)OC(=O)CNC2=O)cc1. The van der Waals surface area contributed by atoms with Crippen LogP contribution in [0.5, 0.6) is 5.75 Å². The van der Waals surface area contributed by atoms with Gasteiger partial charge in [0.1, 0.15) is 36.5 Å². The Morgan fingerprint density at radius 1 is 0.975 bits per heavy atom. The molecule has 0 radical (unpaired) electrons. The van der Waals surface area contributed by atoms with Crippen molar-refractivity contribution in [3.05, 3.63) is 42.0 Å². The Hall–Kier alpha value is -3.19. The van der Waals surface area contributed by atoms with Crippen molar-refractivity contribution in [2.45, 2.75) is 57.3 Å². The number of esters is 1. The van der Waals surface area contributed by atoms with Crippen LogP contribution in [0, 0.1) is 5.92 Å². The maximum absolute atomic E-state index is 13.5. The van der Waals surface area contributed by atoms with E-state index in [1.807, 2.05) is 6.08 Å². The molecule has 13 heteroatoms. The predicted octanol–water partition coefficient (Wildman–Crippen LogP) is 1.12. The number of rotatable bonds is 4. The third kappa shape index (κ3) is 9.77. The van der Waals surface area contributed by atoms with Crippen LogP contribution in [-0.2, 0) is 35.1 Å². The molecule has 2 unspecified atom stereocenters. The Morgan fingerprint density at radius 2 is 1.73 bits per heavy atom. The van der Waals surface area contributed by atoms with E-state index in [9.17, 15) is 24.0 Å². The number of amides is 4. The number of fused-ring (bicyclic) bond motifs is 7. The zero-order valence-electron chi connectivity index (χ0n) is 22.8. The number of carbonyl (C=O) groups excluding carboxylic acids is 5. The molecule has 0 saturated carbocycles. The maximum Gasteiger partial charge on any atom is 0.326 e. The quantitative estimate of drug-likeness (QED) is 0.229. The maximum atomic E-state index is 13.5. The fraction of sp³-hybridized carbons (Fsp3) is 0.519. The highest BCUT2D eigenvalue weighted by Crippen LogP contribution is 2.24. The summed E-state index contributed by atoms with van der Waals surface area (Å²) in [7, 11) is 4.50. The minimum absolute atomic E-state index is 0.134. The van der Waals surface area contributed by atoms with E-state index in [-0.39, 0.29) is 24.5 Å². The molecule has 1 saturated heterocycles. The van der Waals surface area contributed by atoms with E-state index in [1.54, 1.807) is 51.3 Å². The average molecular weight is 593 g/mol. The first-order valence-electron chi connectivity index (χ1n) is 13.1. The van der Waals surface area contributed by atoms with Gasteiger partial charge < -0.3 is 30.7 Å². The number of hydrogen-bond donors (Lipinski definition) is 4. The van der Waals surface area contributed by atoms with E-state index in [4.69, 9.17) is 9.47 Å². The van der Waals surface area contributed by atoms with Crippen molar-refractivity contribution in [2.24, 2.45) is 5.92 Å². The van der Waals surface area contributed by atoms with Crippen LogP contribution in [0.25, 0.3) is 0 Å². The average Bonchev–Trinajstić information content (AvgIpc) is 2.92. The molecule has 11 nitrogen and oxygen atoms in total. The van der Waals surface area contributed by atoms with Crippen molar-refractivity contribution < 1.29 is 33.4 Å². The first-order chi connectivity index (χ1) is 19.2. The highest BCUT2D eigenvalue weighted by Gasteiger charge is 2.32. The summed E-state index contributed by atoms with van der Waals surface area (Å²) in [4.78, 5) is 65.4. The van der Waals surface area contributed by atoms with Gasteiger partial charge in [-0.15, -0.1) is 0 Å². The molecular formula is C27H36N4O7S2. The van der Waals surface area contributed by atoms with Gasteiger partial charge in [0, 0.05) is 17.9 Å². The molecule has 40 heavy (non-hydrogen) atoms. The minimum atomic E-state index is -1.04. The summed E-state index contributed by atoms with van der Waals surface area (Å²) >= 11 is 0. The van der Waals surface area contributed by atoms with Crippen molar-refractivity contribution in [1.82, 2.24) is 21.3 Å². The third-order valence-corrected chi connectivity index (χ3v) is 8.69. The smallest absolute Gasteiger partial charge is 0.326 e. The van der Waals surface area contributed by atoms with Crippen LogP contribution in [-0.4, -0.2) is 79.0 Å². The van der Waals surface area contributed by atoms with Gasteiger partial charge >= 0.3 is 5.97 Å². The fourth-order valence-corrected chi connectivity index (χ4v) is 6.21. The predicted molar refractivity (Wildman–Crippen MR) is 154 cm³/mol. The van der Waals surface area contributed by atoms with E-state index in [0.29, 0.717) is 17.9 Å². The summed E-state index contributed by atoms with van der Waals surface area (Å²) in [6.45, 7) is 3.12. The van der Waals surface area contributed by atoms with E-state index >= 15 is 0 Å². The van der Waals surface area contributed by atoms with E-state index in [1.165, 1.54) is 21.6 Å². The van der Waals surface area contributed by atoms with Gasteiger partial charge in [-0.05, 0) is 36.1 Å². The molecule has 0 spiro atoms. The van der Waals surface area contributed by atoms with Crippen molar-refractivity contribution in [1.29, 1.82) is 0 Å². The van der Waals surface area contributed by atoms with Crippen LogP contribution in [0.1, 0.15) is 32.3 Å². The lowest BCUT2D eigenvalue weighted by Crippen LogP contribution is -2.59. The molecule has 4 N–H and O–H groups in total. The van der Waals surface area contributed by atoms with Crippen LogP contribution in [0.15, 0.2) is 36.4 Å². The molecule has 218 valence electrons. The lowest BCUT2D eigenvalue weighted by atomic mass is 10.0. The zero-order chi connectivity index (χ0) is 29.1. The minimum Gasteiger partial charge on any atom is -0.497 e. The summed E-state index contributed by atoms with van der Waals surface area (Å²) in [5, 5.41) is 10.8.